The first kappa shape index (κ1) is 16.0. The number of nitrogens with zero attached hydrogens (tertiary/aromatic N) is 1. The number of nitrogens with one attached hydrogen (secondary N) is 3. The highest BCUT2D eigenvalue weighted by Crippen LogP contribution is 2.18. The van der Waals surface area contributed by atoms with Crippen LogP contribution in [0, 0.1) is 13.8 Å². The van der Waals surface area contributed by atoms with E-state index in [0.29, 0.717) is 19.0 Å². The van der Waals surface area contributed by atoms with Gasteiger partial charge in [-0.2, -0.15) is 0 Å². The first-order valence-electron chi connectivity index (χ1n) is 7.01. The maximum absolute atomic E-state index is 12.0. The second-order valence-electron chi connectivity index (χ2n) is 4.61. The Morgan fingerprint density at radius 3 is 2.40 bits per heavy atom. The predicted molar refractivity (Wildman–Crippen MR) is 84.3 cm³/mol. The summed E-state index contributed by atoms with van der Waals surface area (Å²) in [7, 11) is 0. The van der Waals surface area contributed by atoms with Crippen molar-refractivity contribution in [3.63, 3.8) is 0 Å². The largest absolute Gasteiger partial charge is 0.356 e. The van der Waals surface area contributed by atoms with Crippen LogP contribution >= 0.6 is 0 Å². The van der Waals surface area contributed by atoms with Crippen molar-refractivity contribution in [2.24, 2.45) is 4.99 Å². The third-order valence-electron chi connectivity index (χ3n) is 2.79. The van der Waals surface area contributed by atoms with Crippen molar-refractivity contribution in [3.8, 4) is 0 Å². The molecule has 5 heteroatoms. The normalized spacial score (nSPS) is 11.1. The van der Waals surface area contributed by atoms with Gasteiger partial charge in [0.25, 0.3) is 0 Å². The van der Waals surface area contributed by atoms with Gasteiger partial charge in [-0.1, -0.05) is 25.1 Å². The van der Waals surface area contributed by atoms with E-state index in [1.807, 2.05) is 45.9 Å². The number of hydrogen-bond acceptors (Lipinski definition) is 2. The number of amides is 2. The number of hydrogen-bond donors (Lipinski definition) is 3. The summed E-state index contributed by atoms with van der Waals surface area (Å²) in [5, 5.41) is 8.66. The lowest BCUT2D eigenvalue weighted by Gasteiger charge is -2.14. The van der Waals surface area contributed by atoms with Gasteiger partial charge in [0, 0.05) is 18.8 Å². The molecule has 110 valence electrons. The predicted octanol–water partition coefficient (Wildman–Crippen LogP) is 2.80. The summed E-state index contributed by atoms with van der Waals surface area (Å²) in [6, 6.07) is 5.64. The van der Waals surface area contributed by atoms with Gasteiger partial charge >= 0.3 is 6.03 Å². The standard InChI is InChI=1S/C15H24N4O/c1-5-10-17-14(16-6-2)19-15(20)18-13-11(3)8-7-9-12(13)4/h7-9H,5-6,10H2,1-4H3,(H3,16,17,18,19,20). The Morgan fingerprint density at radius 1 is 1.20 bits per heavy atom. The molecule has 1 aromatic rings. The number of anilines is 1. The summed E-state index contributed by atoms with van der Waals surface area (Å²) in [6.07, 6.45) is 0.940. The number of para-hydroxylation sites is 1. The molecule has 0 aliphatic carbocycles. The van der Waals surface area contributed by atoms with Gasteiger partial charge in [0.15, 0.2) is 5.96 Å². The van der Waals surface area contributed by atoms with Crippen molar-refractivity contribution in [1.82, 2.24) is 10.6 Å². The molecule has 0 saturated carbocycles. The van der Waals surface area contributed by atoms with E-state index >= 15 is 0 Å². The highest BCUT2D eigenvalue weighted by molar-refractivity contribution is 6.03. The lowest BCUT2D eigenvalue weighted by Crippen LogP contribution is -2.43. The summed E-state index contributed by atoms with van der Waals surface area (Å²) in [5.41, 5.74) is 2.92. The van der Waals surface area contributed by atoms with Crippen LogP contribution in [0.5, 0.6) is 0 Å². The number of benzene rings is 1. The van der Waals surface area contributed by atoms with Crippen molar-refractivity contribution in [2.45, 2.75) is 34.1 Å². The molecule has 0 bridgehead atoms. The molecule has 20 heavy (non-hydrogen) atoms. The van der Waals surface area contributed by atoms with E-state index in [2.05, 4.69) is 20.9 Å². The fourth-order valence-corrected chi connectivity index (χ4v) is 1.79. The van der Waals surface area contributed by atoms with Crippen LogP contribution in [0.15, 0.2) is 23.2 Å². The van der Waals surface area contributed by atoms with Crippen LogP contribution in [0.3, 0.4) is 0 Å². The molecule has 0 aliphatic heterocycles. The Balaban J connectivity index is 2.70. The Hall–Kier alpha value is -2.04. The Kier molecular flexibility index (Phi) is 6.56. The minimum absolute atomic E-state index is 0.279. The van der Waals surface area contributed by atoms with E-state index in [9.17, 15) is 4.79 Å². The number of aryl methyl sites for hydroxylation is 2. The van der Waals surface area contributed by atoms with E-state index < -0.39 is 0 Å². The summed E-state index contributed by atoms with van der Waals surface area (Å²) in [4.78, 5) is 16.3. The SMILES string of the molecule is CCCN=C(NCC)NC(=O)Nc1c(C)cccc1C. The number of urea groups is 1. The first-order chi connectivity index (χ1) is 9.58. The summed E-state index contributed by atoms with van der Waals surface area (Å²) < 4.78 is 0. The average Bonchev–Trinajstić information content (AvgIpc) is 2.40. The molecule has 2 amide bonds. The van der Waals surface area contributed by atoms with Crippen LogP contribution in [0.1, 0.15) is 31.4 Å². The highest BCUT2D eigenvalue weighted by atomic mass is 16.2. The monoisotopic (exact) mass is 276 g/mol. The zero-order valence-corrected chi connectivity index (χ0v) is 12.7. The van der Waals surface area contributed by atoms with Crippen LogP contribution in [0.2, 0.25) is 0 Å². The van der Waals surface area contributed by atoms with E-state index in [-0.39, 0.29) is 6.03 Å². The smallest absolute Gasteiger partial charge is 0.326 e. The molecule has 1 rings (SSSR count). The third-order valence-corrected chi connectivity index (χ3v) is 2.79. The molecule has 0 aromatic heterocycles. The number of carbonyl (C=O) groups is 1. The van der Waals surface area contributed by atoms with Gasteiger partial charge in [0.1, 0.15) is 0 Å². The molecule has 0 radical (unpaired) electrons. The van der Waals surface area contributed by atoms with Gasteiger partial charge in [-0.05, 0) is 38.3 Å². The fourth-order valence-electron chi connectivity index (χ4n) is 1.79. The number of guanidine groups is 1. The molecule has 5 nitrogen and oxygen atoms in total. The van der Waals surface area contributed by atoms with Crippen molar-refractivity contribution in [1.29, 1.82) is 0 Å². The first-order valence-corrected chi connectivity index (χ1v) is 7.01. The summed E-state index contributed by atoms with van der Waals surface area (Å²) in [6.45, 7) is 9.35. The minimum atomic E-state index is -0.279. The zero-order valence-electron chi connectivity index (χ0n) is 12.7. The topological polar surface area (TPSA) is 65.5 Å². The maximum Gasteiger partial charge on any atom is 0.326 e. The second kappa shape index (κ2) is 8.19. The molecule has 0 spiro atoms. The Morgan fingerprint density at radius 2 is 1.85 bits per heavy atom. The van der Waals surface area contributed by atoms with Crippen molar-refractivity contribution < 1.29 is 4.79 Å². The van der Waals surface area contributed by atoms with Crippen LogP contribution in [0.25, 0.3) is 0 Å². The molecule has 0 aliphatic rings. The minimum Gasteiger partial charge on any atom is -0.356 e. The van der Waals surface area contributed by atoms with Gasteiger partial charge < -0.3 is 10.6 Å². The average molecular weight is 276 g/mol. The van der Waals surface area contributed by atoms with Crippen LogP contribution in [-0.4, -0.2) is 25.1 Å². The third kappa shape index (κ3) is 4.91. The van der Waals surface area contributed by atoms with Gasteiger partial charge in [-0.25, -0.2) is 4.79 Å². The number of aliphatic imine (C=N–C) groups is 1. The van der Waals surface area contributed by atoms with Gasteiger partial charge in [-0.15, -0.1) is 0 Å². The van der Waals surface area contributed by atoms with E-state index in [1.54, 1.807) is 0 Å². The Labute approximate surface area is 120 Å². The van der Waals surface area contributed by atoms with E-state index in [1.165, 1.54) is 0 Å². The van der Waals surface area contributed by atoms with Crippen LogP contribution < -0.4 is 16.0 Å². The lowest BCUT2D eigenvalue weighted by atomic mass is 10.1. The highest BCUT2D eigenvalue weighted by Gasteiger charge is 2.08. The van der Waals surface area contributed by atoms with E-state index in [0.717, 1.165) is 23.2 Å². The molecular formula is C15H24N4O. The second-order valence-corrected chi connectivity index (χ2v) is 4.61. The molecule has 0 atom stereocenters. The molecule has 0 unspecified atom stereocenters. The lowest BCUT2D eigenvalue weighted by molar-refractivity contribution is 0.256. The van der Waals surface area contributed by atoms with Crippen molar-refractivity contribution in [2.75, 3.05) is 18.4 Å². The fraction of sp³-hybridized carbons (Fsp3) is 0.467. The number of rotatable bonds is 4. The van der Waals surface area contributed by atoms with Crippen molar-refractivity contribution in [3.05, 3.63) is 29.3 Å². The van der Waals surface area contributed by atoms with E-state index in [4.69, 9.17) is 0 Å². The molecule has 0 fully saturated rings. The van der Waals surface area contributed by atoms with Crippen LogP contribution in [-0.2, 0) is 0 Å². The molecular weight excluding hydrogens is 252 g/mol. The van der Waals surface area contributed by atoms with Gasteiger partial charge in [-0.3, -0.25) is 10.3 Å². The molecule has 0 heterocycles. The molecule has 0 saturated heterocycles. The van der Waals surface area contributed by atoms with Crippen LogP contribution in [0.4, 0.5) is 10.5 Å². The quantitative estimate of drug-likeness (QED) is 0.585. The number of carbonyl (C=O) groups excluding carboxylic acids is 1. The van der Waals surface area contributed by atoms with Crippen molar-refractivity contribution >= 4 is 17.7 Å². The summed E-state index contributed by atoms with van der Waals surface area (Å²) >= 11 is 0. The molecule has 1 aromatic carbocycles. The molecule has 3 N–H and O–H groups in total. The van der Waals surface area contributed by atoms with Gasteiger partial charge in [0.2, 0.25) is 0 Å². The Bertz CT molecular complexity index is 463. The van der Waals surface area contributed by atoms with Gasteiger partial charge in [0.05, 0.1) is 0 Å². The zero-order chi connectivity index (χ0) is 15.0. The summed E-state index contributed by atoms with van der Waals surface area (Å²) in [5.74, 6) is 0.512. The maximum atomic E-state index is 12.0.